The Labute approximate surface area is 123 Å². The fourth-order valence-electron chi connectivity index (χ4n) is 1.96. The molecule has 0 saturated heterocycles. The van der Waals surface area contributed by atoms with E-state index in [9.17, 15) is 9.18 Å². The summed E-state index contributed by atoms with van der Waals surface area (Å²) in [5, 5.41) is 0. The molecule has 0 atom stereocenters. The normalized spacial score (nSPS) is 14.2. The van der Waals surface area contributed by atoms with Crippen LogP contribution in [0.3, 0.4) is 0 Å². The predicted molar refractivity (Wildman–Crippen MR) is 79.5 cm³/mol. The molecule has 110 valence electrons. The van der Waals surface area contributed by atoms with Gasteiger partial charge in [0.2, 0.25) is 5.91 Å². The number of benzene rings is 1. The largest absolute Gasteiger partial charge is 0.494 e. The first-order chi connectivity index (χ1) is 9.60. The second-order valence-corrected chi connectivity index (χ2v) is 6.16. The molecule has 0 N–H and O–H groups in total. The van der Waals surface area contributed by atoms with E-state index in [0.717, 1.165) is 12.1 Å². The van der Waals surface area contributed by atoms with Gasteiger partial charge in [-0.15, -0.1) is 11.8 Å². The van der Waals surface area contributed by atoms with Crippen LogP contribution in [0.15, 0.2) is 18.2 Å². The second kappa shape index (κ2) is 6.97. The predicted octanol–water partition coefficient (Wildman–Crippen LogP) is 2.94. The summed E-state index contributed by atoms with van der Waals surface area (Å²) in [5.41, 5.74) is 0.867. The van der Waals surface area contributed by atoms with Crippen LogP contribution in [0.2, 0.25) is 0 Å². The molecule has 2 rings (SSSR count). The highest BCUT2D eigenvalue weighted by molar-refractivity contribution is 7.99. The lowest BCUT2D eigenvalue weighted by Gasteiger charge is -2.16. The van der Waals surface area contributed by atoms with Crippen molar-refractivity contribution in [2.45, 2.75) is 18.6 Å². The van der Waals surface area contributed by atoms with Crippen molar-refractivity contribution in [1.29, 1.82) is 0 Å². The number of rotatable bonds is 7. The van der Waals surface area contributed by atoms with E-state index in [4.69, 9.17) is 4.74 Å². The summed E-state index contributed by atoms with van der Waals surface area (Å²) in [6.07, 6.45) is 2.49. The fraction of sp³-hybridized carbons (Fsp3) is 0.533. The summed E-state index contributed by atoms with van der Waals surface area (Å²) in [6.45, 7) is 0.872. The third kappa shape index (κ3) is 4.40. The molecule has 0 spiro atoms. The number of hydrogen-bond donors (Lipinski definition) is 0. The summed E-state index contributed by atoms with van der Waals surface area (Å²) < 4.78 is 18.4. The van der Waals surface area contributed by atoms with E-state index in [1.807, 2.05) is 13.1 Å². The zero-order valence-corrected chi connectivity index (χ0v) is 12.7. The molecular weight excluding hydrogens is 277 g/mol. The maximum Gasteiger partial charge on any atom is 0.232 e. The van der Waals surface area contributed by atoms with E-state index in [0.29, 0.717) is 17.4 Å². The van der Waals surface area contributed by atoms with Gasteiger partial charge < -0.3 is 9.64 Å². The Balaban J connectivity index is 1.74. The van der Waals surface area contributed by atoms with Crippen LogP contribution in [0.25, 0.3) is 0 Å². The highest BCUT2D eigenvalue weighted by atomic mass is 32.2. The highest BCUT2D eigenvalue weighted by Crippen LogP contribution is 2.29. The molecule has 1 amide bonds. The number of ether oxygens (including phenoxy) is 1. The quantitative estimate of drug-likeness (QED) is 0.775. The monoisotopic (exact) mass is 297 g/mol. The van der Waals surface area contributed by atoms with Gasteiger partial charge >= 0.3 is 0 Å². The molecule has 5 heteroatoms. The minimum atomic E-state index is -0.359. The van der Waals surface area contributed by atoms with Crippen molar-refractivity contribution in [3.63, 3.8) is 0 Å². The molecule has 1 aliphatic rings. The molecule has 20 heavy (non-hydrogen) atoms. The molecule has 1 fully saturated rings. The minimum Gasteiger partial charge on any atom is -0.494 e. The van der Waals surface area contributed by atoms with E-state index in [1.54, 1.807) is 11.0 Å². The molecule has 1 saturated carbocycles. The highest BCUT2D eigenvalue weighted by Gasteiger charge is 2.24. The smallest absolute Gasteiger partial charge is 0.232 e. The third-order valence-electron chi connectivity index (χ3n) is 3.37. The molecule has 0 aromatic heterocycles. The number of carbonyl (C=O) groups excluding carboxylic acids is 1. The Kier molecular flexibility index (Phi) is 5.29. The van der Waals surface area contributed by atoms with Gasteiger partial charge in [-0.3, -0.25) is 4.79 Å². The van der Waals surface area contributed by atoms with Crippen molar-refractivity contribution in [1.82, 2.24) is 4.90 Å². The van der Waals surface area contributed by atoms with E-state index < -0.39 is 0 Å². The Morgan fingerprint density at radius 1 is 1.50 bits per heavy atom. The Morgan fingerprint density at radius 3 is 2.85 bits per heavy atom. The SMILES string of the molecule is COc1ccc(CSCC(=O)N(C)CC2CC2)cc1F. The molecule has 1 aromatic carbocycles. The van der Waals surface area contributed by atoms with Crippen LogP contribution < -0.4 is 4.74 Å². The van der Waals surface area contributed by atoms with Gasteiger partial charge in [0, 0.05) is 19.3 Å². The van der Waals surface area contributed by atoms with Crippen LogP contribution in [-0.4, -0.2) is 37.3 Å². The zero-order chi connectivity index (χ0) is 14.5. The molecule has 0 radical (unpaired) electrons. The number of hydrogen-bond acceptors (Lipinski definition) is 3. The summed E-state index contributed by atoms with van der Waals surface area (Å²) >= 11 is 1.51. The molecule has 3 nitrogen and oxygen atoms in total. The maximum atomic E-state index is 13.5. The standard InChI is InChI=1S/C15H20FNO2S/c1-17(8-11-3-4-11)15(18)10-20-9-12-5-6-14(19-2)13(16)7-12/h5-7,11H,3-4,8-10H2,1-2H3. The second-order valence-electron chi connectivity index (χ2n) is 5.18. The van der Waals surface area contributed by atoms with Crippen LogP contribution in [-0.2, 0) is 10.5 Å². The zero-order valence-electron chi connectivity index (χ0n) is 11.9. The number of halogens is 1. The number of nitrogens with zero attached hydrogens (tertiary/aromatic N) is 1. The third-order valence-corrected chi connectivity index (χ3v) is 4.35. The summed E-state index contributed by atoms with van der Waals surface area (Å²) in [7, 11) is 3.30. The lowest BCUT2D eigenvalue weighted by Crippen LogP contribution is -2.30. The summed E-state index contributed by atoms with van der Waals surface area (Å²) in [6, 6.07) is 4.91. The van der Waals surface area contributed by atoms with Gasteiger partial charge in [0.05, 0.1) is 12.9 Å². The van der Waals surface area contributed by atoms with Crippen molar-refractivity contribution in [2.75, 3.05) is 26.5 Å². The number of thioether (sulfide) groups is 1. The van der Waals surface area contributed by atoms with Crippen molar-refractivity contribution < 1.29 is 13.9 Å². The van der Waals surface area contributed by atoms with Crippen molar-refractivity contribution in [2.24, 2.45) is 5.92 Å². The van der Waals surface area contributed by atoms with Crippen LogP contribution in [0.1, 0.15) is 18.4 Å². The number of amides is 1. The summed E-state index contributed by atoms with van der Waals surface area (Å²) in [5.74, 6) is 1.82. The average molecular weight is 297 g/mol. The van der Waals surface area contributed by atoms with Crippen molar-refractivity contribution >= 4 is 17.7 Å². The molecular formula is C15H20FNO2S. The van der Waals surface area contributed by atoms with Crippen LogP contribution >= 0.6 is 11.8 Å². The van der Waals surface area contributed by atoms with E-state index in [1.165, 1.54) is 37.8 Å². The van der Waals surface area contributed by atoms with E-state index >= 15 is 0 Å². The topological polar surface area (TPSA) is 29.5 Å². The van der Waals surface area contributed by atoms with Crippen molar-refractivity contribution in [3.8, 4) is 5.75 Å². The van der Waals surface area contributed by atoms with Crippen molar-refractivity contribution in [3.05, 3.63) is 29.6 Å². The van der Waals surface area contributed by atoms with Crippen LogP contribution in [0, 0.1) is 11.7 Å². The first-order valence-corrected chi connectivity index (χ1v) is 7.89. The lowest BCUT2D eigenvalue weighted by atomic mass is 10.2. The average Bonchev–Trinajstić information content (AvgIpc) is 3.22. The molecule has 0 heterocycles. The molecule has 1 aromatic rings. The number of methoxy groups -OCH3 is 1. The van der Waals surface area contributed by atoms with E-state index in [2.05, 4.69) is 0 Å². The van der Waals surface area contributed by atoms with Gasteiger partial charge in [-0.05, 0) is 36.5 Å². The maximum absolute atomic E-state index is 13.5. The van der Waals surface area contributed by atoms with Gasteiger partial charge in [0.15, 0.2) is 11.6 Å². The molecule has 0 unspecified atom stereocenters. The lowest BCUT2D eigenvalue weighted by molar-refractivity contribution is -0.127. The first kappa shape index (κ1) is 15.2. The molecule has 1 aliphatic carbocycles. The summed E-state index contributed by atoms with van der Waals surface area (Å²) in [4.78, 5) is 13.7. The van der Waals surface area contributed by atoms with Gasteiger partial charge in [0.25, 0.3) is 0 Å². The van der Waals surface area contributed by atoms with E-state index in [-0.39, 0.29) is 17.5 Å². The number of carbonyl (C=O) groups is 1. The van der Waals surface area contributed by atoms with Crippen LogP contribution in [0.5, 0.6) is 5.75 Å². The molecule has 0 bridgehead atoms. The minimum absolute atomic E-state index is 0.149. The molecule has 0 aliphatic heterocycles. The Bertz CT molecular complexity index is 477. The van der Waals surface area contributed by atoms with Gasteiger partial charge in [-0.25, -0.2) is 4.39 Å². The van der Waals surface area contributed by atoms with Gasteiger partial charge in [0.1, 0.15) is 0 Å². The first-order valence-electron chi connectivity index (χ1n) is 6.74. The van der Waals surface area contributed by atoms with Crippen LogP contribution in [0.4, 0.5) is 4.39 Å². The van der Waals surface area contributed by atoms with Gasteiger partial charge in [-0.1, -0.05) is 6.07 Å². The Morgan fingerprint density at radius 2 is 2.25 bits per heavy atom. The fourth-order valence-corrected chi connectivity index (χ4v) is 2.87. The van der Waals surface area contributed by atoms with Gasteiger partial charge in [-0.2, -0.15) is 0 Å². The Hall–Kier alpha value is -1.23.